The number of carbonyl (C=O) groups is 1. The molecule has 1 N–H and O–H groups in total. The monoisotopic (exact) mass is 239 g/mol. The zero-order chi connectivity index (χ0) is 12.6. The van der Waals surface area contributed by atoms with Crippen LogP contribution in [0.25, 0.3) is 0 Å². The average molecular weight is 239 g/mol. The Hall–Kier alpha value is -1.98. The zero-order valence-corrected chi connectivity index (χ0v) is 8.85. The van der Waals surface area contributed by atoms with Crippen LogP contribution in [0.3, 0.4) is 0 Å². The van der Waals surface area contributed by atoms with Gasteiger partial charge in [0.25, 0.3) is 0 Å². The molecule has 0 amide bonds. The first-order valence-electron chi connectivity index (χ1n) is 5.11. The van der Waals surface area contributed by atoms with Gasteiger partial charge in [0.1, 0.15) is 0 Å². The van der Waals surface area contributed by atoms with Crippen molar-refractivity contribution in [2.75, 3.05) is 0 Å². The molecule has 90 valence electrons. The normalized spacial score (nSPS) is 16.5. The number of nitrogens with zero attached hydrogens (tertiary/aromatic N) is 1. The lowest BCUT2D eigenvalue weighted by molar-refractivity contribution is -0.387. The topological polar surface area (TPSA) is 80.4 Å². The fraction of sp³-hybridized carbons (Fsp3) is 0.364. The van der Waals surface area contributed by atoms with E-state index in [1.807, 2.05) is 0 Å². The summed E-state index contributed by atoms with van der Waals surface area (Å²) in [7, 11) is 0. The Labute approximate surface area is 96.0 Å². The third kappa shape index (κ3) is 1.98. The van der Waals surface area contributed by atoms with E-state index in [0.717, 1.165) is 6.07 Å². The number of nitro benzene ring substituents is 1. The molecule has 0 saturated heterocycles. The Kier molecular flexibility index (Phi) is 2.57. The van der Waals surface area contributed by atoms with Crippen LogP contribution in [0, 0.1) is 21.3 Å². The number of hydrogen-bond donors (Lipinski definition) is 1. The molecule has 2 rings (SSSR count). The summed E-state index contributed by atoms with van der Waals surface area (Å²) in [6, 6.07) is 3.83. The molecule has 0 unspecified atom stereocenters. The summed E-state index contributed by atoms with van der Waals surface area (Å²) < 4.78 is 13.7. The van der Waals surface area contributed by atoms with E-state index in [-0.39, 0.29) is 12.0 Å². The number of aliphatic carboxylic acids is 1. The quantitative estimate of drug-likeness (QED) is 0.644. The van der Waals surface area contributed by atoms with E-state index in [1.165, 1.54) is 12.1 Å². The second-order valence-corrected chi connectivity index (χ2v) is 4.27. The van der Waals surface area contributed by atoms with Crippen LogP contribution in [0.2, 0.25) is 0 Å². The molecule has 5 nitrogen and oxygen atoms in total. The molecular weight excluding hydrogens is 229 g/mol. The predicted octanol–water partition coefficient (Wildman–Crippen LogP) is 2.14. The van der Waals surface area contributed by atoms with Gasteiger partial charge < -0.3 is 5.11 Å². The van der Waals surface area contributed by atoms with Gasteiger partial charge in [-0.05, 0) is 24.8 Å². The second kappa shape index (κ2) is 3.80. The van der Waals surface area contributed by atoms with E-state index < -0.39 is 27.8 Å². The van der Waals surface area contributed by atoms with Crippen molar-refractivity contribution < 1.29 is 19.2 Å². The maximum atomic E-state index is 13.7. The Morgan fingerprint density at radius 1 is 1.53 bits per heavy atom. The first kappa shape index (κ1) is 11.5. The van der Waals surface area contributed by atoms with Crippen LogP contribution in [0.5, 0.6) is 0 Å². The summed E-state index contributed by atoms with van der Waals surface area (Å²) in [5.74, 6) is -1.89. The van der Waals surface area contributed by atoms with Crippen LogP contribution in [-0.4, -0.2) is 16.0 Å². The average Bonchev–Trinajstić information content (AvgIpc) is 3.02. The largest absolute Gasteiger partial charge is 0.481 e. The van der Waals surface area contributed by atoms with Crippen molar-refractivity contribution in [2.24, 2.45) is 5.41 Å². The van der Waals surface area contributed by atoms with Gasteiger partial charge in [0, 0.05) is 6.07 Å². The second-order valence-electron chi connectivity index (χ2n) is 4.27. The minimum Gasteiger partial charge on any atom is -0.481 e. The van der Waals surface area contributed by atoms with Crippen molar-refractivity contribution in [1.82, 2.24) is 0 Å². The molecule has 1 aliphatic carbocycles. The molecule has 1 aromatic carbocycles. The fourth-order valence-electron chi connectivity index (χ4n) is 1.83. The SMILES string of the molecule is O=C(O)C1(Cc2cccc([N+](=O)[O-])c2F)CC1. The van der Waals surface area contributed by atoms with Crippen LogP contribution in [0.4, 0.5) is 10.1 Å². The van der Waals surface area contributed by atoms with Crippen LogP contribution in [0.1, 0.15) is 18.4 Å². The first-order valence-corrected chi connectivity index (χ1v) is 5.11. The van der Waals surface area contributed by atoms with Crippen molar-refractivity contribution in [3.05, 3.63) is 39.7 Å². The van der Waals surface area contributed by atoms with E-state index in [9.17, 15) is 19.3 Å². The van der Waals surface area contributed by atoms with Crippen LogP contribution >= 0.6 is 0 Å². The molecule has 0 heterocycles. The van der Waals surface area contributed by atoms with E-state index in [4.69, 9.17) is 5.11 Å². The minimum absolute atomic E-state index is 0.00977. The zero-order valence-electron chi connectivity index (χ0n) is 8.85. The van der Waals surface area contributed by atoms with Crippen molar-refractivity contribution >= 4 is 11.7 Å². The lowest BCUT2D eigenvalue weighted by Gasteiger charge is -2.10. The summed E-state index contributed by atoms with van der Waals surface area (Å²) in [5, 5.41) is 19.5. The minimum atomic E-state index is -0.969. The number of rotatable bonds is 4. The highest BCUT2D eigenvalue weighted by Crippen LogP contribution is 2.49. The number of carboxylic acids is 1. The van der Waals surface area contributed by atoms with E-state index in [0.29, 0.717) is 12.8 Å². The Balaban J connectivity index is 2.31. The summed E-state index contributed by atoms with van der Waals surface area (Å²) in [6.45, 7) is 0. The third-order valence-corrected chi connectivity index (χ3v) is 3.09. The molecule has 1 saturated carbocycles. The van der Waals surface area contributed by atoms with Crippen molar-refractivity contribution in [1.29, 1.82) is 0 Å². The smallest absolute Gasteiger partial charge is 0.309 e. The van der Waals surface area contributed by atoms with E-state index in [2.05, 4.69) is 0 Å². The van der Waals surface area contributed by atoms with Gasteiger partial charge in [0.2, 0.25) is 5.82 Å². The van der Waals surface area contributed by atoms with Gasteiger partial charge >= 0.3 is 11.7 Å². The van der Waals surface area contributed by atoms with Crippen LogP contribution in [-0.2, 0) is 11.2 Å². The predicted molar refractivity (Wildman–Crippen MR) is 56.1 cm³/mol. The lowest BCUT2D eigenvalue weighted by Crippen LogP contribution is -2.18. The molecule has 1 fully saturated rings. The summed E-state index contributed by atoms with van der Waals surface area (Å²) in [6.07, 6.45) is 0.991. The molecule has 0 aromatic heterocycles. The Morgan fingerprint density at radius 2 is 2.18 bits per heavy atom. The number of carboxylic acid groups (broad SMARTS) is 1. The Morgan fingerprint density at radius 3 is 2.65 bits per heavy atom. The molecule has 0 radical (unpaired) electrons. The van der Waals surface area contributed by atoms with Crippen molar-refractivity contribution in [3.63, 3.8) is 0 Å². The summed E-state index contributed by atoms with van der Waals surface area (Å²) >= 11 is 0. The summed E-state index contributed by atoms with van der Waals surface area (Å²) in [4.78, 5) is 20.7. The molecule has 17 heavy (non-hydrogen) atoms. The summed E-state index contributed by atoms with van der Waals surface area (Å²) in [5.41, 5.74) is -1.43. The maximum absolute atomic E-state index is 13.7. The van der Waals surface area contributed by atoms with Gasteiger partial charge in [0.05, 0.1) is 10.3 Å². The van der Waals surface area contributed by atoms with Crippen LogP contribution in [0.15, 0.2) is 18.2 Å². The molecule has 0 spiro atoms. The van der Waals surface area contributed by atoms with Gasteiger partial charge in [-0.1, -0.05) is 12.1 Å². The molecule has 0 atom stereocenters. The fourth-order valence-corrected chi connectivity index (χ4v) is 1.83. The standard InChI is InChI=1S/C11H10FNO4/c12-9-7(2-1-3-8(9)13(16)17)6-11(4-5-11)10(14)15/h1-3H,4-6H2,(H,14,15). The first-order chi connectivity index (χ1) is 7.96. The molecule has 0 aliphatic heterocycles. The van der Waals surface area contributed by atoms with Crippen LogP contribution < -0.4 is 0 Å². The lowest BCUT2D eigenvalue weighted by atomic mass is 9.96. The van der Waals surface area contributed by atoms with Gasteiger partial charge in [-0.15, -0.1) is 0 Å². The molecular formula is C11H10FNO4. The highest BCUT2D eigenvalue weighted by atomic mass is 19.1. The number of benzene rings is 1. The van der Waals surface area contributed by atoms with Gasteiger partial charge in [-0.2, -0.15) is 4.39 Å². The number of nitro groups is 1. The molecule has 0 bridgehead atoms. The number of halogens is 1. The molecule has 6 heteroatoms. The van der Waals surface area contributed by atoms with Gasteiger partial charge in [-0.3, -0.25) is 14.9 Å². The van der Waals surface area contributed by atoms with E-state index in [1.54, 1.807) is 0 Å². The van der Waals surface area contributed by atoms with E-state index >= 15 is 0 Å². The third-order valence-electron chi connectivity index (χ3n) is 3.09. The molecule has 1 aliphatic rings. The maximum Gasteiger partial charge on any atom is 0.309 e. The Bertz CT molecular complexity index is 496. The van der Waals surface area contributed by atoms with Gasteiger partial charge in [0.15, 0.2) is 0 Å². The van der Waals surface area contributed by atoms with Gasteiger partial charge in [-0.25, -0.2) is 0 Å². The molecule has 1 aromatic rings. The van der Waals surface area contributed by atoms with Crippen molar-refractivity contribution in [3.8, 4) is 0 Å². The highest BCUT2D eigenvalue weighted by molar-refractivity contribution is 5.78. The van der Waals surface area contributed by atoms with Crippen molar-refractivity contribution in [2.45, 2.75) is 19.3 Å². The highest BCUT2D eigenvalue weighted by Gasteiger charge is 2.50. The number of hydrogen-bond acceptors (Lipinski definition) is 3.